The predicted molar refractivity (Wildman–Crippen MR) is 58.9 cm³/mol. The van der Waals surface area contributed by atoms with Crippen molar-refractivity contribution in [3.05, 3.63) is 58.0 Å². The van der Waals surface area contributed by atoms with E-state index < -0.39 is 17.5 Å². The van der Waals surface area contributed by atoms with Gasteiger partial charge < -0.3 is 0 Å². The molecule has 0 bridgehead atoms. The SMILES string of the molecule is O=C(c1ccc(F)cc1)C(F)(F)c1cccs1. The van der Waals surface area contributed by atoms with Gasteiger partial charge in [0.2, 0.25) is 5.78 Å². The largest absolute Gasteiger partial charge is 0.343 e. The second kappa shape index (κ2) is 4.33. The van der Waals surface area contributed by atoms with Gasteiger partial charge in [0.15, 0.2) is 0 Å². The van der Waals surface area contributed by atoms with Crippen molar-refractivity contribution in [2.75, 3.05) is 0 Å². The normalized spacial score (nSPS) is 11.5. The van der Waals surface area contributed by atoms with Crippen LogP contribution in [0.5, 0.6) is 0 Å². The Morgan fingerprint density at radius 3 is 2.29 bits per heavy atom. The second-order valence-corrected chi connectivity index (χ2v) is 4.34. The standard InChI is InChI=1S/C12H7F3OS/c13-9-5-3-8(4-6-9)11(16)12(14,15)10-2-1-7-17-10/h1-7H. The minimum atomic E-state index is -3.56. The van der Waals surface area contributed by atoms with Gasteiger partial charge in [0, 0.05) is 5.56 Å². The van der Waals surface area contributed by atoms with Gasteiger partial charge in [-0.2, -0.15) is 8.78 Å². The summed E-state index contributed by atoms with van der Waals surface area (Å²) >= 11 is 0.811. The van der Waals surface area contributed by atoms with E-state index in [4.69, 9.17) is 0 Å². The van der Waals surface area contributed by atoms with Crippen LogP contribution in [0.1, 0.15) is 15.2 Å². The van der Waals surface area contributed by atoms with Crippen molar-refractivity contribution < 1.29 is 18.0 Å². The topological polar surface area (TPSA) is 17.1 Å². The number of halogens is 3. The first kappa shape index (κ1) is 11.9. The molecule has 1 aromatic carbocycles. The summed E-state index contributed by atoms with van der Waals surface area (Å²) in [6.45, 7) is 0. The minimum Gasteiger partial charge on any atom is -0.287 e. The first-order chi connectivity index (χ1) is 8.01. The lowest BCUT2D eigenvalue weighted by Gasteiger charge is -2.12. The van der Waals surface area contributed by atoms with Gasteiger partial charge in [-0.1, -0.05) is 6.07 Å². The zero-order valence-electron chi connectivity index (χ0n) is 8.49. The molecule has 5 heteroatoms. The third kappa shape index (κ3) is 2.24. The molecule has 17 heavy (non-hydrogen) atoms. The Morgan fingerprint density at radius 2 is 1.76 bits per heavy atom. The van der Waals surface area contributed by atoms with E-state index in [1.165, 1.54) is 17.5 Å². The summed E-state index contributed by atoms with van der Waals surface area (Å²) in [4.78, 5) is 11.3. The van der Waals surface area contributed by atoms with Gasteiger partial charge in [0.1, 0.15) is 5.82 Å². The van der Waals surface area contributed by atoms with E-state index in [1.807, 2.05) is 0 Å². The molecule has 0 saturated heterocycles. The highest BCUT2D eigenvalue weighted by atomic mass is 32.1. The van der Waals surface area contributed by atoms with E-state index in [0.29, 0.717) is 0 Å². The van der Waals surface area contributed by atoms with Crippen LogP contribution in [0.4, 0.5) is 13.2 Å². The van der Waals surface area contributed by atoms with Gasteiger partial charge in [-0.15, -0.1) is 11.3 Å². The number of thiophene rings is 1. The molecule has 2 rings (SSSR count). The molecule has 1 aromatic heterocycles. The molecule has 1 heterocycles. The zero-order valence-corrected chi connectivity index (χ0v) is 9.31. The molecule has 88 valence electrons. The number of carbonyl (C=O) groups excluding carboxylic acids is 1. The number of benzene rings is 1. The summed E-state index contributed by atoms with van der Waals surface area (Å²) in [6.07, 6.45) is 0. The Labute approximate surface area is 99.5 Å². The Bertz CT molecular complexity index is 517. The molecular weight excluding hydrogens is 249 g/mol. The maximum Gasteiger partial charge on any atom is 0.343 e. The Kier molecular flexibility index (Phi) is 3.02. The summed E-state index contributed by atoms with van der Waals surface area (Å²) in [7, 11) is 0. The van der Waals surface area contributed by atoms with Crippen LogP contribution >= 0.6 is 11.3 Å². The molecule has 0 unspecified atom stereocenters. The van der Waals surface area contributed by atoms with Crippen LogP contribution in [0.15, 0.2) is 41.8 Å². The van der Waals surface area contributed by atoms with Gasteiger partial charge in [-0.05, 0) is 35.7 Å². The second-order valence-electron chi connectivity index (χ2n) is 3.39. The van der Waals surface area contributed by atoms with E-state index in [9.17, 15) is 18.0 Å². The van der Waals surface area contributed by atoms with Crippen LogP contribution in [0.3, 0.4) is 0 Å². The van der Waals surface area contributed by atoms with Crippen molar-refractivity contribution in [1.82, 2.24) is 0 Å². The van der Waals surface area contributed by atoms with Crippen molar-refractivity contribution >= 4 is 17.1 Å². The third-order valence-electron chi connectivity index (χ3n) is 2.22. The van der Waals surface area contributed by atoms with Crippen LogP contribution < -0.4 is 0 Å². The Balaban J connectivity index is 2.34. The van der Waals surface area contributed by atoms with Crippen molar-refractivity contribution in [2.45, 2.75) is 5.92 Å². The highest BCUT2D eigenvalue weighted by Crippen LogP contribution is 2.34. The fourth-order valence-corrected chi connectivity index (χ4v) is 2.05. The molecule has 1 nitrogen and oxygen atoms in total. The molecule has 0 aliphatic rings. The van der Waals surface area contributed by atoms with Gasteiger partial charge >= 0.3 is 5.92 Å². The van der Waals surface area contributed by atoms with Gasteiger partial charge in [0.05, 0.1) is 4.88 Å². The van der Waals surface area contributed by atoms with Crippen LogP contribution in [0, 0.1) is 5.82 Å². The van der Waals surface area contributed by atoms with E-state index >= 15 is 0 Å². The summed E-state index contributed by atoms with van der Waals surface area (Å²) < 4.78 is 40.1. The van der Waals surface area contributed by atoms with Crippen LogP contribution in [-0.4, -0.2) is 5.78 Å². The summed E-state index contributed by atoms with van der Waals surface area (Å²) in [5, 5.41) is 1.47. The van der Waals surface area contributed by atoms with Crippen LogP contribution in [0.25, 0.3) is 0 Å². The number of hydrogen-bond acceptors (Lipinski definition) is 2. The number of ketones is 1. The van der Waals surface area contributed by atoms with Crippen LogP contribution in [0.2, 0.25) is 0 Å². The van der Waals surface area contributed by atoms with E-state index in [0.717, 1.165) is 35.6 Å². The molecule has 0 radical (unpaired) electrons. The molecule has 2 aromatic rings. The summed E-state index contributed by atoms with van der Waals surface area (Å²) in [6, 6.07) is 6.73. The lowest BCUT2D eigenvalue weighted by Crippen LogP contribution is -2.24. The lowest BCUT2D eigenvalue weighted by molar-refractivity contribution is 0.00975. The number of carbonyl (C=O) groups is 1. The first-order valence-corrected chi connectivity index (χ1v) is 5.62. The van der Waals surface area contributed by atoms with Gasteiger partial charge in [-0.25, -0.2) is 4.39 Å². The maximum atomic E-state index is 13.7. The third-order valence-corrected chi connectivity index (χ3v) is 3.16. The zero-order chi connectivity index (χ0) is 12.5. The van der Waals surface area contributed by atoms with Gasteiger partial charge in [-0.3, -0.25) is 4.79 Å². The monoisotopic (exact) mass is 256 g/mol. The summed E-state index contributed by atoms with van der Waals surface area (Å²) in [5.74, 6) is -5.45. The number of alkyl halides is 2. The quantitative estimate of drug-likeness (QED) is 0.762. The number of rotatable bonds is 3. The lowest BCUT2D eigenvalue weighted by atomic mass is 10.0. The molecule has 0 fully saturated rings. The molecular formula is C12H7F3OS. The highest BCUT2D eigenvalue weighted by Gasteiger charge is 2.42. The van der Waals surface area contributed by atoms with Gasteiger partial charge in [0.25, 0.3) is 0 Å². The maximum absolute atomic E-state index is 13.7. The van der Waals surface area contributed by atoms with Crippen molar-refractivity contribution in [3.63, 3.8) is 0 Å². The first-order valence-electron chi connectivity index (χ1n) is 4.74. The summed E-state index contributed by atoms with van der Waals surface area (Å²) in [5.41, 5.74) is -0.204. The fraction of sp³-hybridized carbons (Fsp3) is 0.0833. The smallest absolute Gasteiger partial charge is 0.287 e. The Hall–Kier alpha value is -1.62. The van der Waals surface area contributed by atoms with Crippen LogP contribution in [-0.2, 0) is 5.92 Å². The minimum absolute atomic E-state index is 0.204. The van der Waals surface area contributed by atoms with Crippen molar-refractivity contribution in [2.24, 2.45) is 0 Å². The molecule has 0 aliphatic carbocycles. The average molecular weight is 256 g/mol. The Morgan fingerprint density at radius 1 is 1.12 bits per heavy atom. The van der Waals surface area contributed by atoms with Crippen molar-refractivity contribution in [1.29, 1.82) is 0 Å². The number of Topliss-reactive ketones (excluding diaryl/α,β-unsaturated/α-hetero) is 1. The van der Waals surface area contributed by atoms with Crippen molar-refractivity contribution in [3.8, 4) is 0 Å². The van der Waals surface area contributed by atoms with E-state index in [1.54, 1.807) is 0 Å². The molecule has 0 N–H and O–H groups in total. The van der Waals surface area contributed by atoms with E-state index in [2.05, 4.69) is 0 Å². The molecule has 0 atom stereocenters. The van der Waals surface area contributed by atoms with E-state index in [-0.39, 0.29) is 10.4 Å². The molecule has 0 spiro atoms. The highest BCUT2D eigenvalue weighted by molar-refractivity contribution is 7.10. The number of hydrogen-bond donors (Lipinski definition) is 0. The molecule has 0 amide bonds. The molecule has 0 aliphatic heterocycles. The predicted octanol–water partition coefficient (Wildman–Crippen LogP) is 3.86. The molecule has 0 saturated carbocycles. The average Bonchev–Trinajstić information content (AvgIpc) is 2.83. The fourth-order valence-electron chi connectivity index (χ4n) is 1.35.